The molecule has 0 radical (unpaired) electrons. The first-order chi connectivity index (χ1) is 12.3. The first-order valence-corrected chi connectivity index (χ1v) is 9.59. The third kappa shape index (κ3) is 3.91. The van der Waals surface area contributed by atoms with Gasteiger partial charge in [0.15, 0.2) is 0 Å². The minimum Gasteiger partial charge on any atom is -0.370 e. The van der Waals surface area contributed by atoms with E-state index in [1.54, 1.807) is 29.9 Å². The fourth-order valence-electron chi connectivity index (χ4n) is 3.62. The van der Waals surface area contributed by atoms with Crippen LogP contribution in [0.15, 0.2) is 24.7 Å². The quantitative estimate of drug-likeness (QED) is 0.830. The zero-order valence-corrected chi connectivity index (χ0v) is 16.1. The first kappa shape index (κ1) is 19.2. The van der Waals surface area contributed by atoms with Crippen LogP contribution in [0.1, 0.15) is 38.6 Å². The van der Waals surface area contributed by atoms with Gasteiger partial charge in [-0.1, -0.05) is 0 Å². The van der Waals surface area contributed by atoms with Gasteiger partial charge in [-0.2, -0.15) is 0 Å². The van der Waals surface area contributed by atoms with Crippen molar-refractivity contribution in [1.29, 1.82) is 0 Å². The number of halogens is 1. The van der Waals surface area contributed by atoms with E-state index in [0.717, 1.165) is 49.5 Å². The molecule has 6 nitrogen and oxygen atoms in total. The highest BCUT2D eigenvalue weighted by Crippen LogP contribution is 2.43. The number of fused-ring (bicyclic) bond motifs is 2. The van der Waals surface area contributed by atoms with E-state index in [2.05, 4.69) is 26.7 Å². The zero-order chi connectivity index (χ0) is 17.1. The monoisotopic (exact) mass is 394 g/mol. The topological polar surface area (TPSA) is 76.1 Å². The minimum atomic E-state index is -0.187. The van der Waals surface area contributed by atoms with Crippen LogP contribution in [-0.2, 0) is 23.2 Å². The van der Waals surface area contributed by atoms with Crippen molar-refractivity contribution in [3.63, 3.8) is 0 Å². The number of carbonyl (C=O) groups is 1. The zero-order valence-electron chi connectivity index (χ0n) is 14.5. The molecule has 0 bridgehead atoms. The molecule has 2 aromatic rings. The van der Waals surface area contributed by atoms with E-state index in [4.69, 9.17) is 4.74 Å². The smallest absolute Gasteiger partial charge is 0.261 e. The van der Waals surface area contributed by atoms with Crippen LogP contribution in [0.3, 0.4) is 0 Å². The summed E-state index contributed by atoms with van der Waals surface area (Å²) < 4.78 is 6.18. The molecule has 0 aromatic carbocycles. The largest absolute Gasteiger partial charge is 0.370 e. The van der Waals surface area contributed by atoms with Gasteiger partial charge in [0, 0.05) is 42.9 Å². The van der Waals surface area contributed by atoms with Crippen molar-refractivity contribution in [3.05, 3.63) is 45.7 Å². The summed E-state index contributed by atoms with van der Waals surface area (Å²) in [5.41, 5.74) is 1.94. The lowest BCUT2D eigenvalue weighted by atomic mass is 9.83. The molecular weight excluding hydrogens is 372 g/mol. The second-order valence-electron chi connectivity index (χ2n) is 6.49. The number of ether oxygens (including phenoxy) is 1. The lowest BCUT2D eigenvalue weighted by Crippen LogP contribution is -2.44. The third-order valence-electron chi connectivity index (χ3n) is 4.93. The maximum atomic E-state index is 12.5. The fourth-order valence-corrected chi connectivity index (χ4v) is 4.77. The van der Waals surface area contributed by atoms with Crippen molar-refractivity contribution in [1.82, 2.24) is 20.6 Å². The molecule has 0 saturated carbocycles. The van der Waals surface area contributed by atoms with Crippen molar-refractivity contribution in [2.24, 2.45) is 0 Å². The molecule has 26 heavy (non-hydrogen) atoms. The van der Waals surface area contributed by atoms with Crippen LogP contribution in [0.4, 0.5) is 0 Å². The number of piperidine rings is 1. The average Bonchev–Trinajstić information content (AvgIpc) is 3.10. The molecule has 2 aromatic heterocycles. The highest BCUT2D eigenvalue weighted by molar-refractivity contribution is 7.14. The highest BCUT2D eigenvalue weighted by atomic mass is 35.5. The van der Waals surface area contributed by atoms with Crippen LogP contribution in [0.2, 0.25) is 0 Å². The molecule has 1 spiro atoms. The van der Waals surface area contributed by atoms with Crippen LogP contribution in [0, 0.1) is 0 Å². The maximum Gasteiger partial charge on any atom is 0.261 e. The predicted molar refractivity (Wildman–Crippen MR) is 103 cm³/mol. The van der Waals surface area contributed by atoms with E-state index in [9.17, 15) is 4.79 Å². The standard InChI is InChI=1S/C18H22N4O2S.ClH/c23-17(22-5-1-13-12-20-8-9-21-13)16-11-14-15(25-16)2-10-24-18(14)3-6-19-7-4-18;/h8-9,11-12,19H,1-7,10H2,(H,22,23);1H. The van der Waals surface area contributed by atoms with Gasteiger partial charge in [-0.05, 0) is 37.6 Å². The Morgan fingerprint density at radius 1 is 1.35 bits per heavy atom. The molecule has 2 N–H and O–H groups in total. The Kier molecular flexibility index (Phi) is 6.24. The molecule has 4 rings (SSSR count). The van der Waals surface area contributed by atoms with Gasteiger partial charge in [-0.25, -0.2) is 0 Å². The van der Waals surface area contributed by atoms with Crippen LogP contribution in [0.25, 0.3) is 0 Å². The summed E-state index contributed by atoms with van der Waals surface area (Å²) >= 11 is 1.62. The summed E-state index contributed by atoms with van der Waals surface area (Å²) in [5.74, 6) is -0.00706. The van der Waals surface area contributed by atoms with E-state index < -0.39 is 0 Å². The Morgan fingerprint density at radius 3 is 2.96 bits per heavy atom. The van der Waals surface area contributed by atoms with Crippen LogP contribution < -0.4 is 10.6 Å². The van der Waals surface area contributed by atoms with Crippen molar-refractivity contribution in [2.45, 2.75) is 31.3 Å². The molecule has 140 valence electrons. The number of hydrogen-bond donors (Lipinski definition) is 2. The van der Waals surface area contributed by atoms with Gasteiger partial charge < -0.3 is 15.4 Å². The minimum absolute atomic E-state index is 0. The number of amides is 1. The highest BCUT2D eigenvalue weighted by Gasteiger charge is 2.40. The van der Waals surface area contributed by atoms with Crippen LogP contribution in [-0.4, -0.2) is 42.1 Å². The molecule has 2 aliphatic heterocycles. The van der Waals surface area contributed by atoms with E-state index in [0.29, 0.717) is 13.0 Å². The Bertz CT molecular complexity index is 747. The van der Waals surface area contributed by atoms with Crippen molar-refractivity contribution >= 4 is 29.7 Å². The summed E-state index contributed by atoms with van der Waals surface area (Å²) in [5, 5.41) is 6.39. The summed E-state index contributed by atoms with van der Waals surface area (Å²) in [4.78, 5) is 22.9. The SMILES string of the molecule is Cl.O=C(NCCc1cnccn1)c1cc2c(s1)CCOC21CCNCC1. The Balaban J connectivity index is 0.00000196. The first-order valence-electron chi connectivity index (χ1n) is 8.78. The maximum absolute atomic E-state index is 12.5. The lowest BCUT2D eigenvalue weighted by Gasteiger charge is -2.40. The Hall–Kier alpha value is -1.54. The average molecular weight is 395 g/mol. The van der Waals surface area contributed by atoms with Gasteiger partial charge in [0.05, 0.1) is 22.8 Å². The molecule has 0 unspecified atom stereocenters. The molecule has 0 atom stereocenters. The van der Waals surface area contributed by atoms with Gasteiger partial charge in [-0.3, -0.25) is 14.8 Å². The second-order valence-corrected chi connectivity index (χ2v) is 7.63. The molecular formula is C18H23ClN4O2S. The molecule has 2 aliphatic rings. The predicted octanol–water partition coefficient (Wildman–Crippen LogP) is 2.08. The molecule has 1 amide bonds. The number of aromatic nitrogens is 2. The molecule has 1 fully saturated rings. The number of thiophene rings is 1. The van der Waals surface area contributed by atoms with Gasteiger partial charge in [0.1, 0.15) is 0 Å². The summed E-state index contributed by atoms with van der Waals surface area (Å²) in [6.07, 6.45) is 8.59. The number of rotatable bonds is 4. The van der Waals surface area contributed by atoms with E-state index in [-0.39, 0.29) is 23.9 Å². The van der Waals surface area contributed by atoms with Gasteiger partial charge in [0.25, 0.3) is 5.91 Å². The molecule has 0 aliphatic carbocycles. The Morgan fingerprint density at radius 2 is 2.19 bits per heavy atom. The number of nitrogens with zero attached hydrogens (tertiary/aromatic N) is 2. The van der Waals surface area contributed by atoms with Crippen LogP contribution in [0.5, 0.6) is 0 Å². The fraction of sp³-hybridized carbons (Fsp3) is 0.500. The molecule has 1 saturated heterocycles. The summed E-state index contributed by atoms with van der Waals surface area (Å²) in [6, 6.07) is 2.06. The number of hydrogen-bond acceptors (Lipinski definition) is 6. The normalized spacial score (nSPS) is 18.0. The number of carbonyl (C=O) groups excluding carboxylic acids is 1. The van der Waals surface area contributed by atoms with E-state index in [1.165, 1.54) is 10.4 Å². The third-order valence-corrected chi connectivity index (χ3v) is 6.12. The van der Waals surface area contributed by atoms with Crippen molar-refractivity contribution in [2.75, 3.05) is 26.2 Å². The summed E-state index contributed by atoms with van der Waals surface area (Å²) in [6.45, 7) is 3.25. The van der Waals surface area contributed by atoms with Gasteiger partial charge >= 0.3 is 0 Å². The Labute approximate surface area is 163 Å². The van der Waals surface area contributed by atoms with Crippen molar-refractivity contribution < 1.29 is 9.53 Å². The van der Waals surface area contributed by atoms with E-state index >= 15 is 0 Å². The van der Waals surface area contributed by atoms with Crippen molar-refractivity contribution in [3.8, 4) is 0 Å². The summed E-state index contributed by atoms with van der Waals surface area (Å²) in [7, 11) is 0. The number of nitrogens with one attached hydrogen (secondary N) is 2. The van der Waals surface area contributed by atoms with Gasteiger partial charge in [-0.15, -0.1) is 23.7 Å². The second kappa shape index (κ2) is 8.43. The molecule has 4 heterocycles. The lowest BCUT2D eigenvalue weighted by molar-refractivity contribution is -0.0792. The van der Waals surface area contributed by atoms with Gasteiger partial charge in [0.2, 0.25) is 0 Å². The van der Waals surface area contributed by atoms with E-state index in [1.807, 2.05) is 0 Å². The van der Waals surface area contributed by atoms with Crippen LogP contribution >= 0.6 is 23.7 Å². The molecule has 8 heteroatoms.